The van der Waals surface area contributed by atoms with Gasteiger partial charge in [-0.15, -0.1) is 0 Å². The molecule has 0 spiro atoms. The number of hydrogen-bond acceptors (Lipinski definition) is 3. The zero-order chi connectivity index (χ0) is 7.54. The van der Waals surface area contributed by atoms with Crippen molar-refractivity contribution in [2.75, 3.05) is 5.75 Å². The van der Waals surface area contributed by atoms with Gasteiger partial charge in [-0.1, -0.05) is 12.2 Å². The maximum absolute atomic E-state index is 5.77. The van der Waals surface area contributed by atoms with Gasteiger partial charge in [0.05, 0.1) is 5.16 Å². The van der Waals surface area contributed by atoms with E-state index in [2.05, 4.69) is 30.9 Å². The van der Waals surface area contributed by atoms with E-state index < -0.39 is 0 Å². The van der Waals surface area contributed by atoms with Gasteiger partial charge in [0.2, 0.25) is 0 Å². The van der Waals surface area contributed by atoms with E-state index in [1.807, 2.05) is 13.0 Å². The second kappa shape index (κ2) is 15.7. The summed E-state index contributed by atoms with van der Waals surface area (Å²) in [6.45, 7) is 2.02. The van der Waals surface area contributed by atoms with E-state index in [1.54, 1.807) is 5.16 Å². The lowest BCUT2D eigenvalue weighted by atomic mass is 10.4. The average Bonchev–Trinajstić information content (AvgIpc) is 1.86. The Balaban J connectivity index is 0. The summed E-state index contributed by atoms with van der Waals surface area (Å²) < 4.78 is 0. The molecule has 52 valence electrons. The summed E-state index contributed by atoms with van der Waals surface area (Å²) in [5, 5.41) is 7.36. The highest BCUT2D eigenvalue weighted by Gasteiger charge is 1.65. The number of hydrogen-bond donors (Lipinski definition) is 2. The molecule has 0 unspecified atom stereocenters. The van der Waals surface area contributed by atoms with E-state index in [0.29, 0.717) is 0 Å². The summed E-state index contributed by atoms with van der Waals surface area (Å²) in [6, 6.07) is 0. The fraction of sp³-hybridized carbons (Fsp3) is 0.500. The molecule has 1 nitrogen and oxygen atoms in total. The van der Waals surface area contributed by atoms with Gasteiger partial charge in [-0.3, -0.25) is 0 Å². The molecule has 3 heteroatoms. The first-order valence-electron chi connectivity index (χ1n) is 2.59. The fourth-order valence-corrected chi connectivity index (χ4v) is 0.390. The van der Waals surface area contributed by atoms with Gasteiger partial charge < -0.3 is 0 Å². The van der Waals surface area contributed by atoms with Crippen molar-refractivity contribution >= 4 is 30.0 Å². The van der Waals surface area contributed by atoms with Crippen molar-refractivity contribution in [3.05, 3.63) is 12.2 Å². The maximum atomic E-state index is 5.77. The molecular weight excluding hydrogens is 150 g/mol. The van der Waals surface area contributed by atoms with Gasteiger partial charge in [0.25, 0.3) is 0 Å². The largest absolute Gasteiger partial charge is 0.248 e. The van der Waals surface area contributed by atoms with Crippen LogP contribution >= 0.6 is 24.8 Å². The smallest absolute Gasteiger partial charge is 0.0554 e. The van der Waals surface area contributed by atoms with E-state index in [-0.39, 0.29) is 0 Å². The van der Waals surface area contributed by atoms with Crippen molar-refractivity contribution in [2.45, 2.75) is 13.3 Å². The standard InChI is InChI=1S/C5H10S.CHNS/c1-2-3-4-5-6;2-1-3/h2-3,6H,4-5H2,1H3;2H. The lowest BCUT2D eigenvalue weighted by Gasteiger charge is -1.75. The molecular formula is C6H11NS2. The topological polar surface area (TPSA) is 23.9 Å². The zero-order valence-corrected chi connectivity index (χ0v) is 7.14. The molecule has 0 atom stereocenters. The third-order valence-electron chi connectivity index (χ3n) is 0.531. The summed E-state index contributed by atoms with van der Waals surface area (Å²) in [5.74, 6) is 0.963. The highest BCUT2D eigenvalue weighted by Crippen LogP contribution is 1.83. The first-order chi connectivity index (χ1) is 4.33. The Morgan fingerprint density at radius 3 is 2.33 bits per heavy atom. The first kappa shape index (κ1) is 11.7. The highest BCUT2D eigenvalue weighted by atomic mass is 32.1. The van der Waals surface area contributed by atoms with Gasteiger partial charge >= 0.3 is 0 Å². The van der Waals surface area contributed by atoms with Gasteiger partial charge in [-0.25, -0.2) is 5.41 Å². The van der Waals surface area contributed by atoms with Crippen LogP contribution in [0.1, 0.15) is 13.3 Å². The van der Waals surface area contributed by atoms with Crippen LogP contribution in [0.2, 0.25) is 0 Å². The molecule has 0 saturated carbocycles. The Hall–Kier alpha value is -0.110. The number of allylic oxidation sites excluding steroid dienone is 2. The third-order valence-corrected chi connectivity index (χ3v) is 0.790. The van der Waals surface area contributed by atoms with Crippen LogP contribution in [0.3, 0.4) is 0 Å². The van der Waals surface area contributed by atoms with E-state index in [0.717, 1.165) is 12.2 Å². The van der Waals surface area contributed by atoms with Crippen LogP contribution in [-0.4, -0.2) is 10.9 Å². The van der Waals surface area contributed by atoms with Crippen LogP contribution < -0.4 is 0 Å². The second-order valence-electron chi connectivity index (χ2n) is 1.18. The predicted molar refractivity (Wildman–Crippen MR) is 48.6 cm³/mol. The van der Waals surface area contributed by atoms with Crippen molar-refractivity contribution in [3.63, 3.8) is 0 Å². The monoisotopic (exact) mass is 161 g/mol. The molecule has 0 heterocycles. The molecule has 0 aliphatic carbocycles. The van der Waals surface area contributed by atoms with Crippen molar-refractivity contribution < 1.29 is 0 Å². The Morgan fingerprint density at radius 1 is 1.78 bits per heavy atom. The van der Waals surface area contributed by atoms with Gasteiger partial charge in [-0.2, -0.15) is 12.6 Å². The molecule has 0 aromatic heterocycles. The minimum atomic E-state index is 0.963. The van der Waals surface area contributed by atoms with E-state index in [1.165, 1.54) is 0 Å². The molecule has 0 aromatic carbocycles. The Bertz CT molecular complexity index is 93.2. The van der Waals surface area contributed by atoms with Gasteiger partial charge in [-0.05, 0) is 31.3 Å². The van der Waals surface area contributed by atoms with E-state index >= 15 is 0 Å². The molecule has 0 rings (SSSR count). The lowest BCUT2D eigenvalue weighted by molar-refractivity contribution is 1.25. The lowest BCUT2D eigenvalue weighted by Crippen LogP contribution is -1.62. The van der Waals surface area contributed by atoms with E-state index in [9.17, 15) is 0 Å². The van der Waals surface area contributed by atoms with Gasteiger partial charge in [0, 0.05) is 0 Å². The molecule has 1 N–H and O–H groups in total. The number of nitrogens with one attached hydrogen (secondary N) is 1. The molecule has 0 aliphatic heterocycles. The predicted octanol–water partition coefficient (Wildman–Crippen LogP) is 2.55. The quantitative estimate of drug-likeness (QED) is 0.276. The maximum Gasteiger partial charge on any atom is 0.0554 e. The Kier molecular flexibility index (Phi) is 20.3. The number of rotatable bonds is 2. The normalized spacial score (nSPS) is 7.78. The summed E-state index contributed by atoms with van der Waals surface area (Å²) in [6.07, 6.45) is 5.24. The van der Waals surface area contributed by atoms with Crippen molar-refractivity contribution in [3.8, 4) is 0 Å². The summed E-state index contributed by atoms with van der Waals surface area (Å²) >= 11 is 7.81. The summed E-state index contributed by atoms with van der Waals surface area (Å²) in [7, 11) is 0. The SMILES string of the molecule is CC=CCCS.N=C=S. The van der Waals surface area contributed by atoms with Crippen LogP contribution in [0.15, 0.2) is 12.2 Å². The summed E-state index contributed by atoms with van der Waals surface area (Å²) in [5.41, 5.74) is 0. The number of isothiocyanates is 1. The minimum Gasteiger partial charge on any atom is -0.248 e. The molecule has 9 heavy (non-hydrogen) atoms. The summed E-state index contributed by atoms with van der Waals surface area (Å²) in [4.78, 5) is 0. The minimum absolute atomic E-state index is 0.963. The third kappa shape index (κ3) is 32.8. The molecule has 0 bridgehead atoms. The number of thiol groups is 1. The zero-order valence-electron chi connectivity index (χ0n) is 5.42. The van der Waals surface area contributed by atoms with E-state index in [4.69, 9.17) is 5.41 Å². The van der Waals surface area contributed by atoms with Crippen LogP contribution in [-0.2, 0) is 0 Å². The molecule has 0 saturated heterocycles. The van der Waals surface area contributed by atoms with Crippen molar-refractivity contribution in [1.29, 1.82) is 5.41 Å². The van der Waals surface area contributed by atoms with Crippen LogP contribution in [0, 0.1) is 5.41 Å². The average molecular weight is 161 g/mol. The molecule has 0 radical (unpaired) electrons. The molecule has 0 amide bonds. The number of thiocarbonyl (C=S) groups is 1. The molecule has 0 fully saturated rings. The van der Waals surface area contributed by atoms with Crippen molar-refractivity contribution in [2.24, 2.45) is 0 Å². The highest BCUT2D eigenvalue weighted by molar-refractivity contribution is 7.80. The van der Waals surface area contributed by atoms with Crippen LogP contribution in [0.4, 0.5) is 0 Å². The fourth-order valence-electron chi connectivity index (χ4n) is 0.241. The van der Waals surface area contributed by atoms with Crippen LogP contribution in [0.25, 0.3) is 0 Å². The second-order valence-corrected chi connectivity index (χ2v) is 1.83. The molecule has 0 aliphatic rings. The Morgan fingerprint density at radius 2 is 2.22 bits per heavy atom. The van der Waals surface area contributed by atoms with Gasteiger partial charge in [0.1, 0.15) is 0 Å². The van der Waals surface area contributed by atoms with Crippen LogP contribution in [0.5, 0.6) is 0 Å². The van der Waals surface area contributed by atoms with Crippen molar-refractivity contribution in [1.82, 2.24) is 0 Å². The van der Waals surface area contributed by atoms with Gasteiger partial charge in [0.15, 0.2) is 0 Å². The molecule has 0 aromatic rings. The first-order valence-corrected chi connectivity index (χ1v) is 3.63. The Labute approximate surface area is 67.1 Å².